The van der Waals surface area contributed by atoms with E-state index in [-0.39, 0.29) is 45.3 Å². The Morgan fingerprint density at radius 2 is 0.518 bits per heavy atom. The molecule has 0 radical (unpaired) electrons. The first-order chi connectivity index (χ1) is 25.9. The van der Waals surface area contributed by atoms with Gasteiger partial charge < -0.3 is 0 Å². The second-order valence-electron chi connectivity index (χ2n) is 21.0. The minimum Gasteiger partial charge on any atom is -0.295 e. The van der Waals surface area contributed by atoms with E-state index in [1.807, 2.05) is 52.0 Å². The van der Waals surface area contributed by atoms with E-state index in [0.717, 1.165) is 0 Å². The first-order valence-corrected chi connectivity index (χ1v) is 22.6. The van der Waals surface area contributed by atoms with E-state index in [9.17, 15) is 19.2 Å². The molecule has 0 bridgehead atoms. The summed E-state index contributed by atoms with van der Waals surface area (Å²) in [6.45, 7) is 34.4. The highest BCUT2D eigenvalue weighted by Crippen LogP contribution is 2.47. The van der Waals surface area contributed by atoms with Crippen LogP contribution in [0.1, 0.15) is 188 Å². The van der Waals surface area contributed by atoms with Crippen molar-refractivity contribution in [3.8, 4) is 0 Å². The van der Waals surface area contributed by atoms with Crippen molar-refractivity contribution >= 4 is 23.1 Å². The van der Waals surface area contributed by atoms with E-state index in [4.69, 9.17) is 0 Å². The van der Waals surface area contributed by atoms with Crippen LogP contribution >= 0.6 is 0 Å². The van der Waals surface area contributed by atoms with E-state index in [0.29, 0.717) is 46.8 Å². The molecule has 4 aliphatic carbocycles. The van der Waals surface area contributed by atoms with Crippen LogP contribution in [0.2, 0.25) is 0 Å². The van der Waals surface area contributed by atoms with Crippen LogP contribution in [0.15, 0.2) is 48.6 Å². The Morgan fingerprint density at radius 3 is 0.643 bits per heavy atom. The fraction of sp³-hybridized carbons (Fsp3) is 0.769. The number of carbonyl (C=O) groups is 4. The van der Waals surface area contributed by atoms with Gasteiger partial charge in [-0.2, -0.15) is 0 Å². The highest BCUT2D eigenvalue weighted by atomic mass is 16.1. The van der Waals surface area contributed by atoms with E-state index >= 15 is 0 Å². The van der Waals surface area contributed by atoms with Crippen LogP contribution in [0.25, 0.3) is 0 Å². The number of hydrogen-bond donors (Lipinski definition) is 0. The lowest BCUT2D eigenvalue weighted by atomic mass is 9.62. The molecule has 0 spiro atoms. The highest BCUT2D eigenvalue weighted by molar-refractivity contribution is 5.94. The molecule has 0 aromatic carbocycles. The maximum Gasteiger partial charge on any atom is 0.159 e. The van der Waals surface area contributed by atoms with Crippen molar-refractivity contribution in [1.82, 2.24) is 0 Å². The van der Waals surface area contributed by atoms with Gasteiger partial charge in [0.2, 0.25) is 0 Å². The van der Waals surface area contributed by atoms with Crippen LogP contribution in [0.4, 0.5) is 0 Å². The molecule has 56 heavy (non-hydrogen) atoms. The second kappa shape index (κ2) is 23.3. The molecule has 4 nitrogen and oxygen atoms in total. The van der Waals surface area contributed by atoms with E-state index in [1.165, 1.54) is 77.0 Å². The molecular weight excluding hydrogens is 689 g/mol. The molecule has 8 atom stereocenters. The van der Waals surface area contributed by atoms with Crippen LogP contribution in [0.3, 0.4) is 0 Å². The Bertz CT molecular complexity index is 1160. The molecule has 0 heterocycles. The van der Waals surface area contributed by atoms with Gasteiger partial charge in [0.15, 0.2) is 23.1 Å². The van der Waals surface area contributed by atoms with E-state index in [1.54, 1.807) is 24.3 Å². The number of carbonyl (C=O) groups excluding carboxylic acids is 4. The molecule has 0 aliphatic heterocycles. The molecule has 0 amide bonds. The molecule has 0 aromatic rings. The van der Waals surface area contributed by atoms with Crippen molar-refractivity contribution in [2.75, 3.05) is 0 Å². The minimum atomic E-state index is 0.189. The maximum atomic E-state index is 11.9. The zero-order valence-electron chi connectivity index (χ0n) is 39.4. The Hall–Kier alpha value is -2.36. The summed E-state index contributed by atoms with van der Waals surface area (Å²) < 4.78 is 0. The Morgan fingerprint density at radius 1 is 0.357 bits per heavy atom. The Labute approximate surface area is 346 Å². The summed E-state index contributed by atoms with van der Waals surface area (Å²) in [5.41, 5.74) is 0.755. The first kappa shape index (κ1) is 51.7. The Kier molecular flexibility index (Phi) is 21.5. The lowest BCUT2D eigenvalue weighted by Gasteiger charge is -2.41. The highest BCUT2D eigenvalue weighted by Gasteiger charge is 2.43. The predicted octanol–water partition coefficient (Wildman–Crippen LogP) is 14.4. The van der Waals surface area contributed by atoms with Crippen LogP contribution in [-0.2, 0) is 19.2 Å². The third kappa shape index (κ3) is 15.1. The molecule has 4 heteroatoms. The Balaban J connectivity index is 0.000000373. The van der Waals surface area contributed by atoms with Crippen LogP contribution < -0.4 is 0 Å². The number of rotatable bonds is 8. The van der Waals surface area contributed by atoms with Gasteiger partial charge in [0, 0.05) is 23.7 Å². The summed E-state index contributed by atoms with van der Waals surface area (Å²) in [5.74, 6) is 4.39. The zero-order valence-corrected chi connectivity index (χ0v) is 39.4. The number of hydrogen-bond acceptors (Lipinski definition) is 4. The molecule has 4 saturated carbocycles. The molecule has 0 aromatic heterocycles. The summed E-state index contributed by atoms with van der Waals surface area (Å²) in [5, 5.41) is 0. The lowest BCUT2D eigenvalue weighted by molar-refractivity contribution is -0.126. The van der Waals surface area contributed by atoms with Crippen LogP contribution in [-0.4, -0.2) is 23.1 Å². The van der Waals surface area contributed by atoms with E-state index < -0.39 is 0 Å². The molecule has 320 valence electrons. The summed E-state index contributed by atoms with van der Waals surface area (Å²) >= 11 is 0. The van der Waals surface area contributed by atoms with Crippen molar-refractivity contribution in [1.29, 1.82) is 0 Å². The largest absolute Gasteiger partial charge is 0.295 e. The maximum absolute atomic E-state index is 11.9. The van der Waals surface area contributed by atoms with Gasteiger partial charge >= 0.3 is 0 Å². The molecule has 4 rings (SSSR count). The van der Waals surface area contributed by atoms with Crippen LogP contribution in [0, 0.1) is 69.0 Å². The smallest absolute Gasteiger partial charge is 0.159 e. The quantitative estimate of drug-likeness (QED) is 0.230. The van der Waals surface area contributed by atoms with Gasteiger partial charge in [0.25, 0.3) is 0 Å². The fourth-order valence-corrected chi connectivity index (χ4v) is 11.6. The SMILES string of the molecule is C/C=C/C(=O)[C@@H]1[C@@H](C)CCCC1(C)C.C/C=C/C(=O)[C@H]1[C@@H](C)CCCC1(C)C.C/C=C\C(=O)[C@@H]1[C@@H](C)CCCC1(C)C.C/C=C\C(=O)[C@H]1[C@@H](C)CCCC1(C)C. The topological polar surface area (TPSA) is 68.3 Å². The fourth-order valence-electron chi connectivity index (χ4n) is 11.6. The van der Waals surface area contributed by atoms with Gasteiger partial charge in [-0.05, 0) is 149 Å². The summed E-state index contributed by atoms with van der Waals surface area (Å²) in [4.78, 5) is 47.7. The van der Waals surface area contributed by atoms with Gasteiger partial charge in [-0.25, -0.2) is 0 Å². The van der Waals surface area contributed by atoms with Crippen molar-refractivity contribution in [3.63, 3.8) is 0 Å². The third-order valence-corrected chi connectivity index (χ3v) is 14.1. The van der Waals surface area contributed by atoms with Crippen molar-refractivity contribution in [3.05, 3.63) is 48.6 Å². The number of allylic oxidation sites excluding steroid dienone is 8. The van der Waals surface area contributed by atoms with Gasteiger partial charge in [0.05, 0.1) is 0 Å². The average Bonchev–Trinajstić information content (AvgIpc) is 3.04. The van der Waals surface area contributed by atoms with E-state index in [2.05, 4.69) is 83.1 Å². The van der Waals surface area contributed by atoms with Gasteiger partial charge in [-0.15, -0.1) is 0 Å². The zero-order chi connectivity index (χ0) is 43.1. The first-order valence-electron chi connectivity index (χ1n) is 22.6. The van der Waals surface area contributed by atoms with Crippen molar-refractivity contribution in [2.45, 2.75) is 188 Å². The molecule has 0 N–H and O–H groups in total. The normalized spacial score (nSPS) is 32.0. The minimum absolute atomic E-state index is 0.189. The average molecular weight is 777 g/mol. The molecule has 4 aliphatic rings. The molecular formula is C52H88O4. The third-order valence-electron chi connectivity index (χ3n) is 14.1. The number of ketones is 4. The molecule has 0 saturated heterocycles. The monoisotopic (exact) mass is 777 g/mol. The summed E-state index contributed by atoms with van der Waals surface area (Å²) in [7, 11) is 0. The van der Waals surface area contributed by atoms with Crippen molar-refractivity contribution < 1.29 is 19.2 Å². The van der Waals surface area contributed by atoms with Gasteiger partial charge in [-0.1, -0.05) is 133 Å². The van der Waals surface area contributed by atoms with Crippen molar-refractivity contribution in [2.24, 2.45) is 69.0 Å². The molecule has 4 fully saturated rings. The lowest BCUT2D eigenvalue weighted by Crippen LogP contribution is -2.38. The second-order valence-corrected chi connectivity index (χ2v) is 21.0. The standard InChI is InChI=1S/4C13H22O/c4*1-5-7-11(14)12-10(2)8-6-9-13(12,3)4/h4*5,7,10,12H,6,8-9H2,1-4H3/b2*7-5+;2*7-5-/t10-,12+;10-,12-;10-,12+;10-,12-/m0000/s1. The van der Waals surface area contributed by atoms with Gasteiger partial charge in [-0.3, -0.25) is 19.2 Å². The van der Waals surface area contributed by atoms with Crippen LogP contribution in [0.5, 0.6) is 0 Å². The summed E-state index contributed by atoms with van der Waals surface area (Å²) in [6, 6.07) is 0. The molecule has 0 unspecified atom stereocenters. The summed E-state index contributed by atoms with van der Waals surface area (Å²) in [6.07, 6.45) is 29.1. The van der Waals surface area contributed by atoms with Gasteiger partial charge in [0.1, 0.15) is 0 Å². The predicted molar refractivity (Wildman–Crippen MR) is 240 cm³/mol.